The van der Waals surface area contributed by atoms with Crippen molar-refractivity contribution in [3.63, 3.8) is 0 Å². The van der Waals surface area contributed by atoms with Crippen LogP contribution in [0.1, 0.15) is 39.5 Å². The minimum Gasteiger partial charge on any atom is -0.477 e. The van der Waals surface area contributed by atoms with Gasteiger partial charge in [0.2, 0.25) is 11.8 Å². The number of hydrogen-bond acceptors (Lipinski definition) is 7. The van der Waals surface area contributed by atoms with Gasteiger partial charge in [0.25, 0.3) is 5.92 Å². The third-order valence-electron chi connectivity index (χ3n) is 5.68. The summed E-state index contributed by atoms with van der Waals surface area (Å²) in [4.78, 5) is 22.8. The van der Waals surface area contributed by atoms with E-state index in [2.05, 4.69) is 15.3 Å². The van der Waals surface area contributed by atoms with Gasteiger partial charge in [-0.05, 0) is 31.7 Å². The van der Waals surface area contributed by atoms with Gasteiger partial charge >= 0.3 is 0 Å². The molecular formula is C21H28F2N4O3S. The van der Waals surface area contributed by atoms with Crippen molar-refractivity contribution in [1.82, 2.24) is 15.3 Å². The Balaban J connectivity index is 1.23. The number of aromatic nitrogens is 2. The molecule has 1 N–H and O–H groups in total. The number of thiazole rings is 1. The minimum atomic E-state index is -2.57. The monoisotopic (exact) mass is 454 g/mol. The van der Waals surface area contributed by atoms with E-state index in [1.165, 1.54) is 18.3 Å². The molecule has 10 heteroatoms. The number of carbonyl (C=O) groups is 1. The number of piperidine rings is 1. The highest BCUT2D eigenvalue weighted by Crippen LogP contribution is 2.35. The van der Waals surface area contributed by atoms with Gasteiger partial charge in [0.15, 0.2) is 5.13 Å². The summed E-state index contributed by atoms with van der Waals surface area (Å²) in [5, 5.41) is 3.55. The number of nitrogens with zero attached hydrogens (tertiary/aromatic N) is 3. The van der Waals surface area contributed by atoms with Gasteiger partial charge in [-0.25, -0.2) is 18.7 Å². The Kier molecular flexibility index (Phi) is 6.57. The summed E-state index contributed by atoms with van der Waals surface area (Å²) in [5.41, 5.74) is 0.759. The van der Waals surface area contributed by atoms with Gasteiger partial charge < -0.3 is 19.7 Å². The van der Waals surface area contributed by atoms with Gasteiger partial charge in [-0.3, -0.25) is 4.79 Å². The SMILES string of the molecule is CC(=O)N[C@@H](C)CO[C@H]1C[C@H](COc2ccc3nc(N4CCC(F)(F)CC4)sc3n2)C1. The molecule has 1 aliphatic heterocycles. The molecular weight excluding hydrogens is 426 g/mol. The molecule has 1 saturated carbocycles. The lowest BCUT2D eigenvalue weighted by atomic mass is 9.83. The van der Waals surface area contributed by atoms with Gasteiger partial charge in [-0.1, -0.05) is 11.3 Å². The third kappa shape index (κ3) is 5.79. The maximum absolute atomic E-state index is 13.4. The Morgan fingerprint density at radius 3 is 2.77 bits per heavy atom. The average molecular weight is 455 g/mol. The molecule has 31 heavy (non-hydrogen) atoms. The van der Waals surface area contributed by atoms with Gasteiger partial charge in [-0.15, -0.1) is 0 Å². The number of ether oxygens (including phenoxy) is 2. The Bertz CT molecular complexity index is 909. The minimum absolute atomic E-state index is 0.00875. The summed E-state index contributed by atoms with van der Waals surface area (Å²) < 4.78 is 38.5. The molecule has 0 bridgehead atoms. The lowest BCUT2D eigenvalue weighted by Crippen LogP contribution is -2.40. The van der Waals surface area contributed by atoms with Gasteiger partial charge in [0.1, 0.15) is 10.3 Å². The number of pyridine rings is 1. The van der Waals surface area contributed by atoms with Crippen LogP contribution >= 0.6 is 11.3 Å². The van der Waals surface area contributed by atoms with E-state index in [9.17, 15) is 13.6 Å². The predicted octanol–water partition coefficient (Wildman–Crippen LogP) is 3.63. The van der Waals surface area contributed by atoms with E-state index in [1.807, 2.05) is 17.9 Å². The number of nitrogens with one attached hydrogen (secondary N) is 1. The Hall–Kier alpha value is -2.07. The molecule has 2 aromatic rings. The van der Waals surface area contributed by atoms with Crippen molar-refractivity contribution in [3.8, 4) is 5.88 Å². The van der Waals surface area contributed by atoms with Crippen LogP contribution in [0, 0.1) is 5.92 Å². The molecule has 4 rings (SSSR count). The number of anilines is 1. The molecule has 0 spiro atoms. The molecule has 1 aliphatic carbocycles. The number of halogens is 2. The Morgan fingerprint density at radius 1 is 1.32 bits per heavy atom. The summed E-state index contributed by atoms with van der Waals surface area (Å²) in [7, 11) is 0. The molecule has 2 fully saturated rings. The summed E-state index contributed by atoms with van der Waals surface area (Å²) >= 11 is 1.41. The first kappa shape index (κ1) is 22.1. The number of hydrogen-bond donors (Lipinski definition) is 1. The topological polar surface area (TPSA) is 76.6 Å². The second kappa shape index (κ2) is 9.20. The number of rotatable bonds is 8. The normalized spacial score (nSPS) is 23.9. The first-order chi connectivity index (χ1) is 14.8. The maximum atomic E-state index is 13.4. The van der Waals surface area contributed by atoms with Crippen LogP contribution in [-0.4, -0.2) is 60.2 Å². The van der Waals surface area contributed by atoms with E-state index in [1.54, 1.807) is 6.07 Å². The highest BCUT2D eigenvalue weighted by atomic mass is 32.1. The van der Waals surface area contributed by atoms with Crippen molar-refractivity contribution in [3.05, 3.63) is 12.1 Å². The molecule has 1 saturated heterocycles. The lowest BCUT2D eigenvalue weighted by molar-refractivity contribution is -0.120. The van der Waals surface area contributed by atoms with Crippen molar-refractivity contribution in [2.24, 2.45) is 5.92 Å². The summed E-state index contributed by atoms with van der Waals surface area (Å²) in [6.45, 7) is 5.13. The molecule has 1 amide bonds. The molecule has 0 radical (unpaired) electrons. The van der Waals surface area contributed by atoms with Crippen LogP contribution in [0.2, 0.25) is 0 Å². The number of fused-ring (bicyclic) bond motifs is 1. The first-order valence-corrected chi connectivity index (χ1v) is 11.5. The zero-order chi connectivity index (χ0) is 22.0. The maximum Gasteiger partial charge on any atom is 0.251 e. The quantitative estimate of drug-likeness (QED) is 0.657. The third-order valence-corrected chi connectivity index (χ3v) is 6.70. The van der Waals surface area contributed by atoms with Crippen molar-refractivity contribution >= 4 is 32.7 Å². The summed E-state index contributed by atoms with van der Waals surface area (Å²) in [5.74, 6) is -1.64. The second-order valence-corrected chi connectivity index (χ2v) is 9.47. The highest BCUT2D eigenvalue weighted by Gasteiger charge is 2.35. The van der Waals surface area contributed by atoms with E-state index in [-0.39, 0.29) is 30.9 Å². The van der Waals surface area contributed by atoms with Crippen LogP contribution in [-0.2, 0) is 9.53 Å². The second-order valence-electron chi connectivity index (χ2n) is 8.52. The fourth-order valence-electron chi connectivity index (χ4n) is 3.85. The number of carbonyl (C=O) groups excluding carboxylic acids is 1. The van der Waals surface area contributed by atoms with Crippen LogP contribution in [0.15, 0.2) is 12.1 Å². The van der Waals surface area contributed by atoms with Gasteiger partial charge in [-0.2, -0.15) is 0 Å². The Morgan fingerprint density at radius 2 is 2.06 bits per heavy atom. The fraction of sp³-hybridized carbons (Fsp3) is 0.667. The smallest absolute Gasteiger partial charge is 0.251 e. The van der Waals surface area contributed by atoms with Crippen LogP contribution in [0.3, 0.4) is 0 Å². The molecule has 2 aromatic heterocycles. The van der Waals surface area contributed by atoms with Crippen molar-refractivity contribution in [2.45, 2.75) is 57.6 Å². The highest BCUT2D eigenvalue weighted by molar-refractivity contribution is 7.21. The molecule has 1 atom stereocenters. The largest absolute Gasteiger partial charge is 0.477 e. The van der Waals surface area contributed by atoms with E-state index in [0.29, 0.717) is 38.1 Å². The van der Waals surface area contributed by atoms with Crippen LogP contribution < -0.4 is 15.0 Å². The number of alkyl halides is 2. The zero-order valence-corrected chi connectivity index (χ0v) is 18.6. The molecule has 2 aliphatic rings. The standard InChI is InChI=1S/C21H28F2N4O3S/c1-13(24-14(2)28)11-29-16-9-15(10-16)12-30-18-4-3-17-19(26-18)31-20(25-17)27-7-5-21(22,23)6-8-27/h3-4,13,15-16H,5-12H2,1-2H3,(H,24,28)/t13-,15-,16-/m0/s1. The first-order valence-electron chi connectivity index (χ1n) is 10.7. The Labute approximate surface area is 184 Å². The van der Waals surface area contributed by atoms with E-state index >= 15 is 0 Å². The molecule has 0 aromatic carbocycles. The molecule has 3 heterocycles. The van der Waals surface area contributed by atoms with Crippen molar-refractivity contribution < 1.29 is 23.0 Å². The van der Waals surface area contributed by atoms with Crippen molar-refractivity contribution in [1.29, 1.82) is 0 Å². The predicted molar refractivity (Wildman–Crippen MR) is 115 cm³/mol. The fourth-order valence-corrected chi connectivity index (χ4v) is 4.83. The molecule has 170 valence electrons. The average Bonchev–Trinajstić information content (AvgIpc) is 3.09. The van der Waals surface area contributed by atoms with E-state index in [4.69, 9.17) is 9.47 Å². The van der Waals surface area contributed by atoms with Gasteiger partial charge in [0, 0.05) is 45.0 Å². The zero-order valence-electron chi connectivity index (χ0n) is 17.8. The van der Waals surface area contributed by atoms with Gasteiger partial charge in [0.05, 0.1) is 19.3 Å². The summed E-state index contributed by atoms with van der Waals surface area (Å²) in [6, 6.07) is 3.68. The van der Waals surface area contributed by atoms with Crippen molar-refractivity contribution in [2.75, 3.05) is 31.2 Å². The lowest BCUT2D eigenvalue weighted by Gasteiger charge is -2.35. The van der Waals surface area contributed by atoms with E-state index < -0.39 is 5.92 Å². The van der Waals surface area contributed by atoms with E-state index in [0.717, 1.165) is 28.3 Å². The van der Waals surface area contributed by atoms with Crippen LogP contribution in [0.5, 0.6) is 5.88 Å². The number of amides is 1. The van der Waals surface area contributed by atoms with Crippen LogP contribution in [0.25, 0.3) is 10.3 Å². The molecule has 0 unspecified atom stereocenters. The van der Waals surface area contributed by atoms with Crippen LogP contribution in [0.4, 0.5) is 13.9 Å². The summed E-state index contributed by atoms with van der Waals surface area (Å²) in [6.07, 6.45) is 1.80. The molecule has 7 nitrogen and oxygen atoms in total.